The first kappa shape index (κ1) is 48.3. The molecule has 0 heterocycles. The first-order valence-electron chi connectivity index (χ1n) is 18.9. The van der Waals surface area contributed by atoms with E-state index < -0.39 is 11.9 Å². The van der Waals surface area contributed by atoms with Crippen LogP contribution in [0.3, 0.4) is 0 Å². The van der Waals surface area contributed by atoms with Crippen molar-refractivity contribution in [1.29, 1.82) is 0 Å². The van der Waals surface area contributed by atoms with Crippen molar-refractivity contribution >= 4 is 28.6 Å². The van der Waals surface area contributed by atoms with Gasteiger partial charge in [0.05, 0.1) is 0 Å². The molecule has 0 aliphatic carbocycles. The van der Waals surface area contributed by atoms with Crippen LogP contribution in [0.15, 0.2) is 24.3 Å². The van der Waals surface area contributed by atoms with Crippen LogP contribution in [0.1, 0.15) is 207 Å². The summed E-state index contributed by atoms with van der Waals surface area (Å²) in [5.74, 6) is -1.83. The molecule has 0 aromatic carbocycles. The van der Waals surface area contributed by atoms with Gasteiger partial charge in [-0.05, 0) is 77.0 Å². The third-order valence-electron chi connectivity index (χ3n) is 7.56. The second kappa shape index (κ2) is 45.0. The number of carboxylic acid groups (broad SMARTS) is 2. The molecule has 0 bridgehead atoms. The molecule has 0 aromatic rings. The molecule has 0 saturated heterocycles. The fourth-order valence-corrected chi connectivity index (χ4v) is 4.68. The van der Waals surface area contributed by atoms with Crippen molar-refractivity contribution in [3.8, 4) is 0 Å². The Morgan fingerprint density at radius 1 is 0.489 bits per heavy atom. The maximum Gasteiger partial charge on any atom is 0.0414 e. The zero-order valence-electron chi connectivity index (χ0n) is 30.3. The summed E-state index contributed by atoms with van der Waals surface area (Å²) < 4.78 is 4.67. The minimum absolute atomic E-state index is 0.220. The second-order valence-corrected chi connectivity index (χ2v) is 12.9. The van der Waals surface area contributed by atoms with Gasteiger partial charge in [0, 0.05) is 11.9 Å². The Hall–Kier alpha value is -1.09. The van der Waals surface area contributed by atoms with Gasteiger partial charge in [0.2, 0.25) is 0 Å². The minimum atomic E-state index is -0.914. The zero-order valence-corrected chi connectivity index (χ0v) is 31.5. The van der Waals surface area contributed by atoms with E-state index in [2.05, 4.69) is 58.6 Å². The van der Waals surface area contributed by atoms with Gasteiger partial charge in [-0.1, -0.05) is 141 Å². The number of hydrogen-bond acceptors (Lipinski definition) is 5. The fourth-order valence-electron chi connectivity index (χ4n) is 4.68. The molecule has 0 aliphatic rings. The molecule has 0 aliphatic heterocycles. The number of carboxylic acids is 2. The van der Waals surface area contributed by atoms with E-state index in [-0.39, 0.29) is 12.8 Å². The van der Waals surface area contributed by atoms with Gasteiger partial charge < -0.3 is 19.8 Å². The van der Waals surface area contributed by atoms with Crippen LogP contribution in [-0.2, 0) is 13.4 Å². The number of allylic oxidation sites excluding steroid dienone is 4. The van der Waals surface area contributed by atoms with Gasteiger partial charge in [-0.15, -0.1) is 0 Å². The van der Waals surface area contributed by atoms with Crippen LogP contribution < -0.4 is 10.2 Å². The van der Waals surface area contributed by atoms with Crippen molar-refractivity contribution < 1.29 is 23.6 Å². The van der Waals surface area contributed by atoms with Gasteiger partial charge in [0.15, 0.2) is 0 Å². The molecule has 0 rings (SSSR count). The van der Waals surface area contributed by atoms with Crippen LogP contribution in [0.2, 0.25) is 0 Å². The Balaban J connectivity index is -0.000000680. The van der Waals surface area contributed by atoms with Crippen LogP contribution >= 0.6 is 0 Å². The predicted octanol–water partition coefficient (Wildman–Crippen LogP) is 10.0. The summed E-state index contributed by atoms with van der Waals surface area (Å²) in [5, 5.41) is 20.4. The van der Waals surface area contributed by atoms with Crippen molar-refractivity contribution in [1.82, 2.24) is 0 Å². The minimum Gasteiger partial charge on any atom is -0.550 e. The Kier molecular flexibility index (Phi) is 48.3. The Bertz CT molecular complexity index is 583. The number of carbonyl (C=O) groups excluding carboxylic acids is 2. The maximum absolute atomic E-state index is 10.2. The van der Waals surface area contributed by atoms with Crippen molar-refractivity contribution in [2.75, 3.05) is 0 Å². The van der Waals surface area contributed by atoms with Gasteiger partial charge in [-0.2, -0.15) is 0 Å². The molecule has 5 nitrogen and oxygen atoms in total. The molecule has 0 radical (unpaired) electrons. The smallest absolute Gasteiger partial charge is 0.0414 e. The molecule has 0 atom stereocenters. The van der Waals surface area contributed by atoms with E-state index in [1.807, 2.05) is 13.8 Å². The number of rotatable bonds is 31. The maximum atomic E-state index is 10.2. The number of unbranched alkanes of at least 4 members (excludes halogenated alkanes) is 22. The standard InChI is InChI=1S/2C18H34O2.C3H7O.Al/c2*1-2-3-4-5-6-7-8-9-10-11-12-13-14-15-16-17-18(19)20;1-3(2)4;/h2*9-10H,2-8,11-17H2,1H3,(H,19,20);3H,1-2H3;/q;;-1;+3/p-2. The topological polar surface area (TPSA) is 89.5 Å². The van der Waals surface area contributed by atoms with Crippen molar-refractivity contribution in [3.63, 3.8) is 0 Å². The Morgan fingerprint density at radius 2 is 0.711 bits per heavy atom. The van der Waals surface area contributed by atoms with Crippen LogP contribution in [-0.4, -0.2) is 34.7 Å². The SMILES string of the molecule is CC(C)[O][Al+2].CCCCCCCCC=CCCCCCCCC(=O)[O-].CCCCCCCCC=CCCCCCCCC(=O)[O-]. The monoisotopic (exact) mass is 649 g/mol. The van der Waals surface area contributed by atoms with E-state index >= 15 is 0 Å². The molecule has 45 heavy (non-hydrogen) atoms. The van der Waals surface area contributed by atoms with E-state index in [1.165, 1.54) is 128 Å². The largest absolute Gasteiger partial charge is 0.550 e. The molecule has 0 fully saturated rings. The van der Waals surface area contributed by atoms with Crippen LogP contribution in [0.5, 0.6) is 0 Å². The summed E-state index contributed by atoms with van der Waals surface area (Å²) in [6.07, 6.45) is 42.1. The van der Waals surface area contributed by atoms with E-state index in [4.69, 9.17) is 0 Å². The number of aliphatic carboxylic acids is 2. The molecule has 0 amide bonds. The predicted molar refractivity (Wildman–Crippen MR) is 191 cm³/mol. The van der Waals surface area contributed by atoms with E-state index in [0.717, 1.165) is 38.5 Å². The first-order chi connectivity index (χ1) is 21.8. The molecule has 0 aromatic heterocycles. The molecular weight excluding hydrogens is 575 g/mol. The Labute approximate surface area is 289 Å². The van der Waals surface area contributed by atoms with Gasteiger partial charge in [0.25, 0.3) is 0 Å². The zero-order chi connectivity index (χ0) is 34.1. The summed E-state index contributed by atoms with van der Waals surface area (Å²) in [5.41, 5.74) is 0. The summed E-state index contributed by atoms with van der Waals surface area (Å²) in [7, 11) is 0. The normalized spacial score (nSPS) is 11.1. The molecule has 0 spiro atoms. The van der Waals surface area contributed by atoms with Gasteiger partial charge in [-0.3, -0.25) is 0 Å². The van der Waals surface area contributed by atoms with Gasteiger partial charge in [0.1, 0.15) is 0 Å². The van der Waals surface area contributed by atoms with E-state index in [9.17, 15) is 19.8 Å². The van der Waals surface area contributed by atoms with Gasteiger partial charge >= 0.3 is 40.4 Å². The molecule has 0 unspecified atom stereocenters. The van der Waals surface area contributed by atoms with Crippen molar-refractivity contribution in [3.05, 3.63) is 24.3 Å². The first-order valence-corrected chi connectivity index (χ1v) is 19.3. The average Bonchev–Trinajstić information content (AvgIpc) is 3.01. The van der Waals surface area contributed by atoms with Crippen LogP contribution in [0.4, 0.5) is 0 Å². The second-order valence-electron chi connectivity index (χ2n) is 12.6. The summed E-state index contributed by atoms with van der Waals surface area (Å²) >= 11 is 2.19. The third-order valence-corrected chi connectivity index (χ3v) is 8.10. The summed E-state index contributed by atoms with van der Waals surface area (Å²) in [4.78, 5) is 20.4. The Morgan fingerprint density at radius 3 is 0.933 bits per heavy atom. The van der Waals surface area contributed by atoms with E-state index in [0.29, 0.717) is 6.10 Å². The molecular formula is C39H73AlO5. The van der Waals surface area contributed by atoms with Gasteiger partial charge in [-0.25, -0.2) is 0 Å². The quantitative estimate of drug-likeness (QED) is 0.0424. The van der Waals surface area contributed by atoms with Crippen molar-refractivity contribution in [2.24, 2.45) is 0 Å². The molecule has 0 saturated carbocycles. The fraction of sp³-hybridized carbons (Fsp3) is 0.846. The molecule has 0 N–H and O–H groups in total. The molecule has 262 valence electrons. The van der Waals surface area contributed by atoms with Crippen LogP contribution in [0, 0.1) is 0 Å². The number of hydrogen-bond donors (Lipinski definition) is 0. The summed E-state index contributed by atoms with van der Waals surface area (Å²) in [6, 6.07) is 0. The molecule has 6 heteroatoms. The summed E-state index contributed by atoms with van der Waals surface area (Å²) in [6.45, 7) is 8.47. The average molecular weight is 649 g/mol. The van der Waals surface area contributed by atoms with Crippen LogP contribution in [0.25, 0.3) is 0 Å². The third kappa shape index (κ3) is 58.9. The van der Waals surface area contributed by atoms with E-state index in [1.54, 1.807) is 0 Å². The van der Waals surface area contributed by atoms with Crippen molar-refractivity contribution in [2.45, 2.75) is 214 Å². The number of carbonyl (C=O) groups is 2.